The molecular formula is C18H24N4O4. The largest absolute Gasteiger partial charge is 0.447 e. The highest BCUT2D eigenvalue weighted by Gasteiger charge is 2.27. The van der Waals surface area contributed by atoms with Crippen LogP contribution in [0.25, 0.3) is 0 Å². The van der Waals surface area contributed by atoms with Gasteiger partial charge in [0.05, 0.1) is 6.54 Å². The van der Waals surface area contributed by atoms with Gasteiger partial charge in [0, 0.05) is 36.5 Å². The van der Waals surface area contributed by atoms with Crippen molar-refractivity contribution in [3.63, 3.8) is 0 Å². The van der Waals surface area contributed by atoms with Crippen molar-refractivity contribution in [3.05, 3.63) is 24.3 Å². The number of benzene rings is 1. The van der Waals surface area contributed by atoms with Crippen LogP contribution in [0, 0.1) is 0 Å². The van der Waals surface area contributed by atoms with Crippen molar-refractivity contribution in [1.82, 2.24) is 10.2 Å². The molecule has 2 aliphatic heterocycles. The van der Waals surface area contributed by atoms with Gasteiger partial charge < -0.3 is 15.4 Å². The fraction of sp³-hybridized carbons (Fsp3) is 0.500. The number of hydrogen-bond acceptors (Lipinski definition) is 5. The van der Waals surface area contributed by atoms with Gasteiger partial charge in [0.2, 0.25) is 0 Å². The molecule has 0 aliphatic carbocycles. The smallest absolute Gasteiger partial charge is 0.414 e. The molecule has 2 N–H and O–H groups in total. The van der Waals surface area contributed by atoms with Crippen molar-refractivity contribution in [1.29, 1.82) is 0 Å². The Labute approximate surface area is 152 Å². The quantitative estimate of drug-likeness (QED) is 0.787. The third-order valence-corrected chi connectivity index (χ3v) is 4.67. The number of cyclic esters (lactones) is 1. The van der Waals surface area contributed by atoms with Gasteiger partial charge in [-0.1, -0.05) is 6.07 Å². The van der Waals surface area contributed by atoms with Gasteiger partial charge in [-0.05, 0) is 38.5 Å². The monoisotopic (exact) mass is 360 g/mol. The van der Waals surface area contributed by atoms with E-state index >= 15 is 0 Å². The minimum Gasteiger partial charge on any atom is -0.447 e. The lowest BCUT2D eigenvalue weighted by atomic mass is 10.2. The lowest BCUT2D eigenvalue weighted by Crippen LogP contribution is -2.43. The van der Waals surface area contributed by atoms with E-state index in [9.17, 15) is 14.4 Å². The molecule has 1 atom stereocenters. The number of amides is 3. The Morgan fingerprint density at radius 3 is 2.69 bits per heavy atom. The van der Waals surface area contributed by atoms with Crippen molar-refractivity contribution < 1.29 is 19.1 Å². The minimum absolute atomic E-state index is 0.0126. The SMILES string of the molecule is CC(C)N1CCC(NC(=O)C(=O)Nc2cccc(N3CCOC3=O)c2)C1. The molecule has 140 valence electrons. The first kappa shape index (κ1) is 18.2. The highest BCUT2D eigenvalue weighted by atomic mass is 16.6. The molecule has 0 saturated carbocycles. The van der Waals surface area contributed by atoms with Crippen molar-refractivity contribution in [2.75, 3.05) is 36.5 Å². The zero-order valence-corrected chi connectivity index (χ0v) is 15.0. The maximum absolute atomic E-state index is 12.2. The van der Waals surface area contributed by atoms with E-state index in [0.717, 1.165) is 19.5 Å². The van der Waals surface area contributed by atoms with Crippen molar-refractivity contribution in [3.8, 4) is 0 Å². The van der Waals surface area contributed by atoms with Crippen molar-refractivity contribution in [2.24, 2.45) is 0 Å². The number of ether oxygens (including phenoxy) is 1. The van der Waals surface area contributed by atoms with E-state index < -0.39 is 17.9 Å². The first-order chi connectivity index (χ1) is 12.4. The van der Waals surface area contributed by atoms with Crippen molar-refractivity contribution in [2.45, 2.75) is 32.4 Å². The number of hydrogen-bond donors (Lipinski definition) is 2. The Balaban J connectivity index is 1.56. The molecule has 8 heteroatoms. The number of rotatable bonds is 4. The molecule has 0 aromatic heterocycles. The van der Waals surface area contributed by atoms with Gasteiger partial charge in [-0.3, -0.25) is 19.4 Å². The van der Waals surface area contributed by atoms with E-state index in [1.165, 1.54) is 4.90 Å². The summed E-state index contributed by atoms with van der Waals surface area (Å²) in [6.45, 7) is 6.69. The predicted molar refractivity (Wildman–Crippen MR) is 97.0 cm³/mol. The minimum atomic E-state index is -0.714. The molecule has 8 nitrogen and oxygen atoms in total. The summed E-state index contributed by atoms with van der Waals surface area (Å²) < 4.78 is 4.91. The molecular weight excluding hydrogens is 336 g/mol. The summed E-state index contributed by atoms with van der Waals surface area (Å²) in [6, 6.07) is 7.19. The molecule has 2 saturated heterocycles. The van der Waals surface area contributed by atoms with Crippen LogP contribution in [-0.4, -0.2) is 61.1 Å². The standard InChI is InChI=1S/C18H24N4O4/c1-12(2)21-7-6-14(11-21)20-17(24)16(23)19-13-4-3-5-15(10-13)22-8-9-26-18(22)25/h3-5,10,12,14H,6-9,11H2,1-2H3,(H,19,23)(H,20,24). The fourth-order valence-corrected chi connectivity index (χ4v) is 3.19. The number of nitrogens with one attached hydrogen (secondary N) is 2. The first-order valence-corrected chi connectivity index (χ1v) is 8.84. The number of likely N-dealkylation sites (tertiary alicyclic amines) is 1. The lowest BCUT2D eigenvalue weighted by molar-refractivity contribution is -0.136. The molecule has 0 spiro atoms. The van der Waals surface area contributed by atoms with Gasteiger partial charge in [0.1, 0.15) is 6.61 Å². The predicted octanol–water partition coefficient (Wildman–Crippen LogP) is 1.18. The molecule has 0 bridgehead atoms. The van der Waals surface area contributed by atoms with Crippen LogP contribution in [0.15, 0.2) is 24.3 Å². The Morgan fingerprint density at radius 1 is 1.23 bits per heavy atom. The average molecular weight is 360 g/mol. The second-order valence-electron chi connectivity index (χ2n) is 6.82. The second-order valence-corrected chi connectivity index (χ2v) is 6.82. The maximum atomic E-state index is 12.2. The van der Waals surface area contributed by atoms with Gasteiger partial charge in [-0.25, -0.2) is 4.79 Å². The third-order valence-electron chi connectivity index (χ3n) is 4.67. The second kappa shape index (κ2) is 7.74. The molecule has 1 aromatic carbocycles. The number of nitrogens with zero attached hydrogens (tertiary/aromatic N) is 2. The molecule has 1 unspecified atom stereocenters. The zero-order valence-electron chi connectivity index (χ0n) is 15.0. The molecule has 3 amide bonds. The molecule has 1 aromatic rings. The molecule has 2 fully saturated rings. The summed E-state index contributed by atoms with van der Waals surface area (Å²) in [7, 11) is 0. The van der Waals surface area contributed by atoms with Crippen LogP contribution in [0.5, 0.6) is 0 Å². The summed E-state index contributed by atoms with van der Waals surface area (Å²) in [5.74, 6) is -1.36. The third kappa shape index (κ3) is 4.13. The van der Waals surface area contributed by atoms with Crippen LogP contribution in [-0.2, 0) is 14.3 Å². The molecule has 26 heavy (non-hydrogen) atoms. The van der Waals surface area contributed by atoms with Gasteiger partial charge in [-0.2, -0.15) is 0 Å². The average Bonchev–Trinajstić information content (AvgIpc) is 3.24. The topological polar surface area (TPSA) is 91.0 Å². The normalized spacial score (nSPS) is 20.3. The van der Waals surface area contributed by atoms with E-state index in [1.54, 1.807) is 24.3 Å². The molecule has 3 rings (SSSR count). The zero-order chi connectivity index (χ0) is 18.7. The highest BCUT2D eigenvalue weighted by Crippen LogP contribution is 2.22. The Bertz CT molecular complexity index is 706. The van der Waals surface area contributed by atoms with E-state index in [0.29, 0.717) is 30.6 Å². The number of carbonyl (C=O) groups excluding carboxylic acids is 3. The summed E-state index contributed by atoms with van der Waals surface area (Å²) in [6.07, 6.45) is 0.422. The van der Waals surface area contributed by atoms with Crippen LogP contribution in [0.4, 0.5) is 16.2 Å². The maximum Gasteiger partial charge on any atom is 0.414 e. The van der Waals surface area contributed by atoms with Crippen LogP contribution in [0.3, 0.4) is 0 Å². The summed E-state index contributed by atoms with van der Waals surface area (Å²) in [5, 5.41) is 5.37. The van der Waals surface area contributed by atoms with Gasteiger partial charge in [-0.15, -0.1) is 0 Å². The van der Waals surface area contributed by atoms with Crippen LogP contribution >= 0.6 is 0 Å². The molecule has 0 radical (unpaired) electrons. The van der Waals surface area contributed by atoms with Crippen LogP contribution in [0.1, 0.15) is 20.3 Å². The van der Waals surface area contributed by atoms with Gasteiger partial charge in [0.15, 0.2) is 0 Å². The molecule has 2 aliphatic rings. The summed E-state index contributed by atoms with van der Waals surface area (Å²) in [5.41, 5.74) is 1.08. The fourth-order valence-electron chi connectivity index (χ4n) is 3.19. The number of anilines is 2. The van der Waals surface area contributed by atoms with Crippen molar-refractivity contribution >= 4 is 29.3 Å². The van der Waals surface area contributed by atoms with Gasteiger partial charge >= 0.3 is 17.9 Å². The Hall–Kier alpha value is -2.61. The van der Waals surface area contributed by atoms with E-state index in [4.69, 9.17) is 4.74 Å². The van der Waals surface area contributed by atoms with Crippen LogP contribution < -0.4 is 15.5 Å². The first-order valence-electron chi connectivity index (χ1n) is 8.84. The summed E-state index contributed by atoms with van der Waals surface area (Å²) in [4.78, 5) is 39.7. The number of carbonyl (C=O) groups is 3. The van der Waals surface area contributed by atoms with E-state index in [1.807, 2.05) is 0 Å². The summed E-state index contributed by atoms with van der Waals surface area (Å²) >= 11 is 0. The Morgan fingerprint density at radius 2 is 2.04 bits per heavy atom. The Kier molecular flexibility index (Phi) is 5.41. The lowest BCUT2D eigenvalue weighted by Gasteiger charge is -2.20. The van der Waals surface area contributed by atoms with Crippen LogP contribution in [0.2, 0.25) is 0 Å². The van der Waals surface area contributed by atoms with E-state index in [2.05, 4.69) is 29.4 Å². The van der Waals surface area contributed by atoms with E-state index in [-0.39, 0.29) is 6.04 Å². The van der Waals surface area contributed by atoms with Gasteiger partial charge in [0.25, 0.3) is 0 Å². The molecule has 2 heterocycles. The highest BCUT2D eigenvalue weighted by molar-refractivity contribution is 6.39.